The molecule has 5 nitrogen and oxygen atoms in total. The van der Waals surface area contributed by atoms with Crippen LogP contribution in [0.1, 0.15) is 10.9 Å². The van der Waals surface area contributed by atoms with E-state index in [0.29, 0.717) is 8.95 Å². The highest BCUT2D eigenvalue weighted by Crippen LogP contribution is 2.51. The van der Waals surface area contributed by atoms with Gasteiger partial charge in [-0.2, -0.15) is 0 Å². The highest BCUT2D eigenvalue weighted by molar-refractivity contribution is 9.11. The molecule has 1 unspecified atom stereocenters. The van der Waals surface area contributed by atoms with Crippen LogP contribution >= 0.6 is 55.4 Å². The molecule has 2 aliphatic rings. The average Bonchev–Trinajstić information content (AvgIpc) is 3.06. The lowest BCUT2D eigenvalue weighted by molar-refractivity contribution is 0.468. The van der Waals surface area contributed by atoms with E-state index < -0.39 is 0 Å². The topological polar surface area (TPSA) is 54.2 Å². The van der Waals surface area contributed by atoms with Crippen molar-refractivity contribution in [2.45, 2.75) is 10.5 Å². The molecule has 1 N–H and O–H groups in total. The molecule has 3 heterocycles. The third-order valence-corrected chi connectivity index (χ3v) is 6.41. The van der Waals surface area contributed by atoms with Crippen molar-refractivity contribution in [1.29, 1.82) is 0 Å². The van der Waals surface area contributed by atoms with Gasteiger partial charge in [0, 0.05) is 5.41 Å². The highest BCUT2D eigenvalue weighted by atomic mass is 79.9. The van der Waals surface area contributed by atoms with Crippen LogP contribution in [0.15, 0.2) is 43.0 Å². The van der Waals surface area contributed by atoms with Gasteiger partial charge in [-0.05, 0) is 61.3 Å². The fourth-order valence-electron chi connectivity index (χ4n) is 2.12. The molecule has 0 amide bonds. The molecule has 0 saturated carbocycles. The quantitative estimate of drug-likeness (QED) is 0.738. The second-order valence-corrected chi connectivity index (χ2v) is 7.83. The smallest absolute Gasteiger partial charge is 0.216 e. The molecule has 1 aromatic heterocycles. The summed E-state index contributed by atoms with van der Waals surface area (Å²) in [5.41, 5.74) is 1.08. The van der Waals surface area contributed by atoms with Crippen LogP contribution in [0.2, 0.25) is 0 Å². The molecule has 2 aliphatic heterocycles. The van der Waals surface area contributed by atoms with Crippen molar-refractivity contribution in [2.75, 3.05) is 5.01 Å². The van der Waals surface area contributed by atoms with Gasteiger partial charge >= 0.3 is 0 Å². The Hall–Kier alpha value is -0.640. The second-order valence-electron chi connectivity index (χ2n) is 4.18. The normalized spacial score (nSPS) is 20.0. The van der Waals surface area contributed by atoms with Crippen LogP contribution in [0.25, 0.3) is 0 Å². The zero-order valence-electron chi connectivity index (χ0n) is 9.70. The first-order chi connectivity index (χ1) is 9.65. The molecule has 0 radical (unpaired) electrons. The number of thioether (sulfide) groups is 2. The van der Waals surface area contributed by atoms with Crippen LogP contribution < -0.4 is 5.01 Å². The van der Waals surface area contributed by atoms with Crippen molar-refractivity contribution in [2.24, 2.45) is 0 Å². The first kappa shape index (κ1) is 13.1. The number of fused-ring (bicyclic) bond motifs is 3. The van der Waals surface area contributed by atoms with Crippen LogP contribution in [0, 0.1) is 0 Å². The lowest BCUT2D eigenvalue weighted by atomic mass is 10.2. The predicted molar refractivity (Wildman–Crippen MR) is 86.0 cm³/mol. The Morgan fingerprint density at radius 3 is 2.75 bits per heavy atom. The summed E-state index contributed by atoms with van der Waals surface area (Å²) in [7, 11) is 0. The summed E-state index contributed by atoms with van der Waals surface area (Å²) in [5, 5.41) is 24.2. The largest absolute Gasteiger partial charge is 0.506 e. The summed E-state index contributed by atoms with van der Waals surface area (Å²) in [4.78, 5) is 0. The van der Waals surface area contributed by atoms with Crippen molar-refractivity contribution in [3.05, 3.63) is 43.4 Å². The minimum absolute atomic E-state index is 0.1000. The van der Waals surface area contributed by atoms with Gasteiger partial charge in [-0.3, -0.25) is 5.01 Å². The molecule has 0 bridgehead atoms. The number of hydrogen-bond donors (Lipinski definition) is 1. The predicted octanol–water partition coefficient (Wildman–Crippen LogP) is 3.80. The van der Waals surface area contributed by atoms with Gasteiger partial charge in [-0.25, -0.2) is 4.68 Å². The molecule has 0 saturated heterocycles. The molecule has 1 atom stereocenters. The molecule has 0 spiro atoms. The van der Waals surface area contributed by atoms with E-state index in [1.165, 1.54) is 0 Å². The second kappa shape index (κ2) is 4.69. The molecule has 1 aromatic carbocycles. The maximum absolute atomic E-state index is 9.83. The number of benzene rings is 1. The average molecular weight is 434 g/mol. The Labute approximate surface area is 139 Å². The van der Waals surface area contributed by atoms with E-state index in [1.54, 1.807) is 29.9 Å². The molecular weight excluding hydrogens is 428 g/mol. The van der Waals surface area contributed by atoms with Gasteiger partial charge in [-0.15, -0.1) is 10.2 Å². The molecule has 9 heteroatoms. The van der Waals surface area contributed by atoms with Gasteiger partial charge in [0.05, 0.1) is 8.95 Å². The standard InChI is InChI=1S/C11H6Br2N4OS2/c12-6-1-5(2-7(13)9(6)18)10-17-8(3-19-10)20-11-15-14-4-16(11)17/h1-4,10,18H. The fraction of sp³-hybridized carbons (Fsp3) is 0.0909. The Kier molecular flexibility index (Phi) is 3.06. The van der Waals surface area contributed by atoms with Crippen LogP contribution in [0.4, 0.5) is 0 Å². The number of phenols is 1. The zero-order valence-corrected chi connectivity index (χ0v) is 14.5. The molecule has 0 fully saturated rings. The monoisotopic (exact) mass is 432 g/mol. The van der Waals surface area contributed by atoms with E-state index in [9.17, 15) is 5.11 Å². The minimum Gasteiger partial charge on any atom is -0.506 e. The third kappa shape index (κ3) is 1.83. The van der Waals surface area contributed by atoms with E-state index >= 15 is 0 Å². The summed E-state index contributed by atoms with van der Waals surface area (Å²) in [6.07, 6.45) is 1.71. The summed E-state index contributed by atoms with van der Waals surface area (Å²) in [6.45, 7) is 0. The molecule has 2 aromatic rings. The van der Waals surface area contributed by atoms with Gasteiger partial charge < -0.3 is 5.11 Å². The van der Waals surface area contributed by atoms with E-state index in [1.807, 2.05) is 16.8 Å². The van der Waals surface area contributed by atoms with Gasteiger partial charge in [0.1, 0.15) is 22.5 Å². The Balaban J connectivity index is 1.78. The lowest BCUT2D eigenvalue weighted by Gasteiger charge is -2.24. The molecule has 4 rings (SSSR count). The van der Waals surface area contributed by atoms with Gasteiger partial charge in [0.15, 0.2) is 0 Å². The Morgan fingerprint density at radius 2 is 2.00 bits per heavy atom. The van der Waals surface area contributed by atoms with Crippen molar-refractivity contribution in [1.82, 2.24) is 14.9 Å². The van der Waals surface area contributed by atoms with Crippen molar-refractivity contribution < 1.29 is 5.11 Å². The van der Waals surface area contributed by atoms with Crippen LogP contribution in [0.5, 0.6) is 5.75 Å². The zero-order chi connectivity index (χ0) is 13.9. The van der Waals surface area contributed by atoms with Crippen LogP contribution in [-0.2, 0) is 0 Å². The van der Waals surface area contributed by atoms with Gasteiger partial charge in [0.25, 0.3) is 0 Å². The maximum atomic E-state index is 9.83. The number of phenolic OH excluding ortho intramolecular Hbond substituents is 1. The van der Waals surface area contributed by atoms with Crippen molar-refractivity contribution in [3.63, 3.8) is 0 Å². The number of aromatic nitrogens is 3. The molecule has 102 valence electrons. The minimum atomic E-state index is 0.1000. The Bertz CT molecular complexity index is 725. The maximum Gasteiger partial charge on any atom is 0.216 e. The van der Waals surface area contributed by atoms with Gasteiger partial charge in [-0.1, -0.05) is 11.8 Å². The molecular formula is C11H6Br2N4OS2. The van der Waals surface area contributed by atoms with Crippen LogP contribution in [-0.4, -0.2) is 20.0 Å². The van der Waals surface area contributed by atoms with E-state index in [4.69, 9.17) is 0 Å². The highest BCUT2D eigenvalue weighted by Gasteiger charge is 2.37. The Morgan fingerprint density at radius 1 is 1.25 bits per heavy atom. The van der Waals surface area contributed by atoms with Gasteiger partial charge in [0.2, 0.25) is 5.16 Å². The number of nitrogens with zero attached hydrogens (tertiary/aromatic N) is 4. The third-order valence-electron chi connectivity index (χ3n) is 3.00. The summed E-state index contributed by atoms with van der Waals surface area (Å²) >= 11 is 10.1. The number of hydrogen-bond acceptors (Lipinski definition) is 6. The summed E-state index contributed by atoms with van der Waals surface area (Å²) < 4.78 is 3.30. The first-order valence-electron chi connectivity index (χ1n) is 5.56. The van der Waals surface area contributed by atoms with E-state index in [2.05, 4.69) is 52.5 Å². The number of aromatic hydroxyl groups is 1. The molecule has 0 aliphatic carbocycles. The number of halogens is 2. The lowest BCUT2D eigenvalue weighted by Crippen LogP contribution is -2.28. The number of rotatable bonds is 1. The first-order valence-corrected chi connectivity index (χ1v) is 8.90. The van der Waals surface area contributed by atoms with Crippen molar-refractivity contribution in [3.8, 4) is 5.75 Å². The van der Waals surface area contributed by atoms with Crippen LogP contribution in [0.3, 0.4) is 0 Å². The fourth-order valence-corrected chi connectivity index (χ4v) is 5.53. The van der Waals surface area contributed by atoms with E-state index in [-0.39, 0.29) is 11.1 Å². The summed E-state index contributed by atoms with van der Waals surface area (Å²) in [5.74, 6) is 0.214. The van der Waals surface area contributed by atoms with E-state index in [0.717, 1.165) is 15.7 Å². The SMILES string of the molecule is Oc1c(Br)cc(C2SC=C3Sc4nncn4N32)cc1Br. The van der Waals surface area contributed by atoms with Crippen molar-refractivity contribution >= 4 is 55.4 Å². The summed E-state index contributed by atoms with van der Waals surface area (Å²) in [6, 6.07) is 3.86. The molecule has 20 heavy (non-hydrogen) atoms.